The zero-order chi connectivity index (χ0) is 14.0. The predicted octanol–water partition coefficient (Wildman–Crippen LogP) is 0.612. The van der Waals surface area contributed by atoms with Crippen molar-refractivity contribution >= 4 is 21.8 Å². The molecule has 0 unspecified atom stereocenters. The van der Waals surface area contributed by atoms with Gasteiger partial charge in [-0.05, 0) is 19.1 Å². The van der Waals surface area contributed by atoms with Gasteiger partial charge in [0.05, 0.1) is 6.20 Å². The van der Waals surface area contributed by atoms with E-state index < -0.39 is 26.6 Å². The standard InChI is InChI=1S/C10H10N4O4S/c1-6-3-2-4-8(12-6)14-19(17,18)9-7(10(15)16)5-11-13-9/h2-5H,1H3,(H,11,13)(H,12,14)(H,15,16). The molecule has 0 bridgehead atoms. The lowest BCUT2D eigenvalue weighted by molar-refractivity contribution is 0.0692. The summed E-state index contributed by atoms with van der Waals surface area (Å²) in [4.78, 5) is 14.8. The van der Waals surface area contributed by atoms with E-state index in [1.165, 1.54) is 6.07 Å². The first-order chi connectivity index (χ1) is 8.90. The molecule has 0 spiro atoms. The molecular formula is C10H10N4O4S. The Balaban J connectivity index is 2.38. The monoisotopic (exact) mass is 282 g/mol. The highest BCUT2D eigenvalue weighted by Crippen LogP contribution is 2.16. The lowest BCUT2D eigenvalue weighted by Gasteiger charge is -2.06. The van der Waals surface area contributed by atoms with E-state index >= 15 is 0 Å². The van der Waals surface area contributed by atoms with E-state index in [9.17, 15) is 13.2 Å². The van der Waals surface area contributed by atoms with Crippen LogP contribution in [0.2, 0.25) is 0 Å². The Kier molecular flexibility index (Phi) is 3.21. The topological polar surface area (TPSA) is 125 Å². The van der Waals surface area contributed by atoms with Crippen LogP contribution in [0, 0.1) is 6.92 Å². The van der Waals surface area contributed by atoms with Crippen molar-refractivity contribution in [2.75, 3.05) is 4.72 Å². The summed E-state index contributed by atoms with van der Waals surface area (Å²) < 4.78 is 26.2. The highest BCUT2D eigenvalue weighted by atomic mass is 32.2. The lowest BCUT2D eigenvalue weighted by atomic mass is 10.4. The Morgan fingerprint density at radius 1 is 1.42 bits per heavy atom. The van der Waals surface area contributed by atoms with Crippen LogP contribution in [0.15, 0.2) is 29.4 Å². The van der Waals surface area contributed by atoms with Crippen LogP contribution >= 0.6 is 0 Å². The van der Waals surface area contributed by atoms with Crippen LogP contribution in [0.5, 0.6) is 0 Å². The summed E-state index contributed by atoms with van der Waals surface area (Å²) in [7, 11) is -4.07. The van der Waals surface area contributed by atoms with Gasteiger partial charge in [0.25, 0.3) is 10.0 Å². The summed E-state index contributed by atoms with van der Waals surface area (Å²) in [6, 6.07) is 4.79. The Bertz CT molecular complexity index is 723. The fourth-order valence-corrected chi connectivity index (χ4v) is 2.51. The molecule has 0 radical (unpaired) electrons. The fourth-order valence-electron chi connectivity index (χ4n) is 1.42. The number of nitrogens with one attached hydrogen (secondary N) is 2. The second kappa shape index (κ2) is 4.69. The van der Waals surface area contributed by atoms with Crippen molar-refractivity contribution in [2.45, 2.75) is 11.9 Å². The molecule has 0 amide bonds. The van der Waals surface area contributed by atoms with Crippen molar-refractivity contribution in [3.05, 3.63) is 35.7 Å². The maximum atomic E-state index is 12.0. The summed E-state index contributed by atoms with van der Waals surface area (Å²) in [5, 5.41) is 13.9. The number of carboxylic acids is 1. The summed E-state index contributed by atoms with van der Waals surface area (Å²) in [5.41, 5.74) is 0.198. The highest BCUT2D eigenvalue weighted by Gasteiger charge is 2.25. The van der Waals surface area contributed by atoms with Crippen molar-refractivity contribution < 1.29 is 18.3 Å². The van der Waals surface area contributed by atoms with Crippen molar-refractivity contribution in [2.24, 2.45) is 0 Å². The number of aryl methyl sites for hydroxylation is 1. The van der Waals surface area contributed by atoms with Gasteiger partial charge in [0.1, 0.15) is 11.4 Å². The van der Waals surface area contributed by atoms with Crippen molar-refractivity contribution in [3.8, 4) is 0 Å². The molecule has 2 rings (SSSR count). The number of aromatic carboxylic acids is 1. The average molecular weight is 282 g/mol. The number of H-pyrrole nitrogens is 1. The van der Waals surface area contributed by atoms with Crippen molar-refractivity contribution in [1.29, 1.82) is 0 Å². The number of hydrogen-bond donors (Lipinski definition) is 3. The molecule has 2 aromatic heterocycles. The zero-order valence-electron chi connectivity index (χ0n) is 9.78. The average Bonchev–Trinajstić information content (AvgIpc) is 2.77. The molecule has 0 fully saturated rings. The minimum Gasteiger partial charge on any atom is -0.478 e. The van der Waals surface area contributed by atoms with Crippen LogP contribution in [-0.2, 0) is 10.0 Å². The van der Waals surface area contributed by atoms with Crippen LogP contribution < -0.4 is 4.72 Å². The maximum absolute atomic E-state index is 12.0. The number of aromatic amines is 1. The smallest absolute Gasteiger partial charge is 0.340 e. The third-order valence-electron chi connectivity index (χ3n) is 2.23. The Labute approximate surface area is 108 Å². The summed E-state index contributed by atoms with van der Waals surface area (Å²) in [5.74, 6) is -1.28. The van der Waals surface area contributed by atoms with Gasteiger partial charge in [-0.15, -0.1) is 0 Å². The van der Waals surface area contributed by atoms with Gasteiger partial charge in [0, 0.05) is 5.69 Å². The predicted molar refractivity (Wildman–Crippen MR) is 65.3 cm³/mol. The second-order valence-electron chi connectivity index (χ2n) is 3.69. The van der Waals surface area contributed by atoms with E-state index in [1.54, 1.807) is 19.1 Å². The van der Waals surface area contributed by atoms with E-state index in [-0.39, 0.29) is 5.82 Å². The summed E-state index contributed by atoms with van der Waals surface area (Å²) in [6.45, 7) is 1.71. The molecule has 0 aliphatic carbocycles. The summed E-state index contributed by atoms with van der Waals surface area (Å²) >= 11 is 0. The molecule has 0 saturated carbocycles. The number of anilines is 1. The molecule has 19 heavy (non-hydrogen) atoms. The van der Waals surface area contributed by atoms with Crippen molar-refractivity contribution in [1.82, 2.24) is 15.2 Å². The number of carbonyl (C=O) groups is 1. The molecule has 0 aliphatic heterocycles. The third-order valence-corrected chi connectivity index (χ3v) is 3.56. The largest absolute Gasteiger partial charge is 0.478 e. The number of sulfonamides is 1. The Morgan fingerprint density at radius 3 is 2.79 bits per heavy atom. The Morgan fingerprint density at radius 2 is 2.16 bits per heavy atom. The molecule has 100 valence electrons. The van der Waals surface area contributed by atoms with Gasteiger partial charge in [-0.3, -0.25) is 9.82 Å². The molecule has 0 aliphatic rings. The minimum absolute atomic E-state index is 0.103. The summed E-state index contributed by atoms with van der Waals surface area (Å²) in [6.07, 6.45) is 0.931. The number of rotatable bonds is 4. The molecule has 9 heteroatoms. The van der Waals surface area contributed by atoms with Crippen molar-refractivity contribution in [3.63, 3.8) is 0 Å². The van der Waals surface area contributed by atoms with E-state index in [4.69, 9.17) is 5.11 Å². The molecule has 2 heterocycles. The quantitative estimate of drug-likeness (QED) is 0.754. The zero-order valence-corrected chi connectivity index (χ0v) is 10.6. The molecule has 0 saturated heterocycles. The lowest BCUT2D eigenvalue weighted by Crippen LogP contribution is -2.17. The van der Waals surface area contributed by atoms with E-state index in [1.807, 2.05) is 0 Å². The van der Waals surface area contributed by atoms with E-state index in [0.29, 0.717) is 5.69 Å². The first-order valence-corrected chi connectivity index (χ1v) is 6.61. The van der Waals surface area contributed by atoms with Gasteiger partial charge in [-0.1, -0.05) is 6.07 Å². The molecule has 0 atom stereocenters. The van der Waals surface area contributed by atoms with Gasteiger partial charge in [-0.25, -0.2) is 9.78 Å². The van der Waals surface area contributed by atoms with Crippen LogP contribution in [0.4, 0.5) is 5.82 Å². The van der Waals surface area contributed by atoms with Crippen LogP contribution in [0.1, 0.15) is 16.1 Å². The van der Waals surface area contributed by atoms with Crippen LogP contribution in [-0.4, -0.2) is 34.7 Å². The maximum Gasteiger partial charge on any atom is 0.340 e. The first kappa shape index (κ1) is 13.0. The highest BCUT2D eigenvalue weighted by molar-refractivity contribution is 7.92. The fraction of sp³-hybridized carbons (Fsp3) is 0.100. The number of hydrogen-bond acceptors (Lipinski definition) is 5. The second-order valence-corrected chi connectivity index (χ2v) is 5.31. The third kappa shape index (κ3) is 2.71. The number of nitrogens with zero attached hydrogens (tertiary/aromatic N) is 2. The molecule has 3 N–H and O–H groups in total. The molecule has 8 nitrogen and oxygen atoms in total. The number of carboxylic acid groups (broad SMARTS) is 1. The first-order valence-electron chi connectivity index (χ1n) is 5.13. The van der Waals surface area contributed by atoms with E-state index in [0.717, 1.165) is 6.20 Å². The Hall–Kier alpha value is -2.42. The van der Waals surface area contributed by atoms with Gasteiger partial charge >= 0.3 is 5.97 Å². The molecule has 0 aromatic carbocycles. The normalized spacial score (nSPS) is 11.2. The minimum atomic E-state index is -4.07. The van der Waals surface area contributed by atoms with Gasteiger partial charge in [0.15, 0.2) is 5.03 Å². The SMILES string of the molecule is Cc1cccc(NS(=O)(=O)c2[nH]ncc2C(=O)O)n1. The number of aromatic nitrogens is 3. The molecule has 2 aromatic rings. The van der Waals surface area contributed by atoms with Gasteiger partial charge in [0.2, 0.25) is 0 Å². The van der Waals surface area contributed by atoms with Gasteiger partial charge in [-0.2, -0.15) is 13.5 Å². The molecular weight excluding hydrogens is 272 g/mol. The van der Waals surface area contributed by atoms with Crippen LogP contribution in [0.3, 0.4) is 0 Å². The van der Waals surface area contributed by atoms with Crippen LogP contribution in [0.25, 0.3) is 0 Å². The van der Waals surface area contributed by atoms with Gasteiger partial charge < -0.3 is 5.11 Å². The van der Waals surface area contributed by atoms with E-state index in [2.05, 4.69) is 19.9 Å². The number of pyridine rings is 1.